The summed E-state index contributed by atoms with van der Waals surface area (Å²) in [6.07, 6.45) is 8.47. The standard InChI is InChI=1S/C42H50O2/c1-39(2,3)33-23-31(24-34(37(33)43)40(4,5)6)29-17-13-15-27(21-29)19-20-28-16-14-18-30(22-28)32-25-35(41(7,8)9)38(44)36(26-32)42(10,11)12/h13-26H,1-12H3/p+1/b20-19+. The number of phenols is 1. The fraction of sp³-hybridized carbons (Fsp3) is 0.381. The largest absolute Gasteiger partial charge is 0.507 e. The summed E-state index contributed by atoms with van der Waals surface area (Å²) < 4.78 is 0. The van der Waals surface area contributed by atoms with Crippen LogP contribution in [0, 0.1) is 16.7 Å². The molecule has 0 saturated heterocycles. The molecule has 0 aromatic heterocycles. The summed E-state index contributed by atoms with van der Waals surface area (Å²) in [6.45, 7) is 25.5. The van der Waals surface area contributed by atoms with Crippen molar-refractivity contribution in [2.24, 2.45) is 10.8 Å². The van der Waals surface area contributed by atoms with Crippen LogP contribution in [0.4, 0.5) is 0 Å². The monoisotopic (exact) mass is 587 g/mol. The number of allylic oxidation sites excluding steroid dienone is 4. The van der Waals surface area contributed by atoms with Crippen molar-refractivity contribution in [3.63, 3.8) is 0 Å². The first kappa shape index (κ1) is 33.1. The highest BCUT2D eigenvalue weighted by Crippen LogP contribution is 2.44. The number of carbonyl (C=O) groups is 1. The molecule has 0 saturated carbocycles. The normalized spacial score (nSPS) is 15.1. The Bertz CT molecular complexity index is 1610. The SMILES string of the molecule is CC(C)(C)C1=CC(c2cccc(/C=C/c3cccc(-c4cc(C(C)(C)C)c(O)c(C(C)(C)C)c4)c3)c2)=C[C+](C(C)(C)C)C1=O. The molecule has 1 N–H and O–H groups in total. The Morgan fingerprint density at radius 1 is 0.614 bits per heavy atom. The van der Waals surface area contributed by atoms with E-state index in [2.05, 4.69) is 168 Å². The molecule has 3 aromatic carbocycles. The fourth-order valence-electron chi connectivity index (χ4n) is 5.69. The number of hydrogen-bond donors (Lipinski definition) is 1. The van der Waals surface area contributed by atoms with Crippen molar-refractivity contribution in [1.82, 2.24) is 0 Å². The zero-order valence-corrected chi connectivity index (χ0v) is 28.9. The Labute approximate surface area is 266 Å². The van der Waals surface area contributed by atoms with Gasteiger partial charge in [0.2, 0.25) is 0 Å². The van der Waals surface area contributed by atoms with Crippen LogP contribution in [0.25, 0.3) is 28.9 Å². The smallest absolute Gasteiger partial charge is 0.291 e. The number of hydrogen-bond acceptors (Lipinski definition) is 2. The first-order valence-electron chi connectivity index (χ1n) is 15.8. The average molecular weight is 588 g/mol. The first-order valence-corrected chi connectivity index (χ1v) is 15.8. The van der Waals surface area contributed by atoms with Crippen LogP contribution >= 0.6 is 0 Å². The molecule has 4 rings (SSSR count). The summed E-state index contributed by atoms with van der Waals surface area (Å²) >= 11 is 0. The highest BCUT2D eigenvalue weighted by atomic mass is 16.3. The minimum absolute atomic E-state index is 0.155. The lowest BCUT2D eigenvalue weighted by Crippen LogP contribution is -2.32. The Kier molecular flexibility index (Phi) is 8.75. The quantitative estimate of drug-likeness (QED) is 0.243. The third-order valence-electron chi connectivity index (χ3n) is 8.34. The number of benzene rings is 3. The van der Waals surface area contributed by atoms with E-state index in [4.69, 9.17) is 0 Å². The van der Waals surface area contributed by atoms with E-state index in [1.807, 2.05) is 0 Å². The first-order chi connectivity index (χ1) is 20.2. The number of aromatic hydroxyl groups is 1. The maximum Gasteiger partial charge on any atom is 0.291 e. The summed E-state index contributed by atoms with van der Waals surface area (Å²) in [5.41, 5.74) is 8.56. The molecule has 0 aliphatic heterocycles. The van der Waals surface area contributed by atoms with Crippen LogP contribution in [0.1, 0.15) is 111 Å². The minimum atomic E-state index is -0.242. The van der Waals surface area contributed by atoms with Crippen LogP contribution in [0.15, 0.2) is 78.4 Å². The molecular weight excluding hydrogens is 536 g/mol. The summed E-state index contributed by atoms with van der Waals surface area (Å²) in [5.74, 6) is 1.41. The third kappa shape index (κ3) is 7.29. The van der Waals surface area contributed by atoms with E-state index < -0.39 is 0 Å². The summed E-state index contributed by atoms with van der Waals surface area (Å²) in [6, 6.07) is 21.4. The van der Waals surface area contributed by atoms with Crippen LogP contribution in [0.2, 0.25) is 0 Å². The molecule has 0 atom stereocenters. The molecule has 0 bridgehead atoms. The number of carbonyl (C=O) groups excluding carboxylic acids is 1. The maximum atomic E-state index is 13.4. The summed E-state index contributed by atoms with van der Waals surface area (Å²) in [7, 11) is 0. The average Bonchev–Trinajstić information content (AvgIpc) is 2.90. The van der Waals surface area contributed by atoms with Crippen molar-refractivity contribution in [1.29, 1.82) is 0 Å². The molecule has 0 heterocycles. The lowest BCUT2D eigenvalue weighted by molar-refractivity contribution is -0.115. The van der Waals surface area contributed by atoms with Gasteiger partial charge < -0.3 is 5.11 Å². The molecule has 44 heavy (non-hydrogen) atoms. The van der Waals surface area contributed by atoms with E-state index in [1.165, 1.54) is 0 Å². The fourth-order valence-corrected chi connectivity index (χ4v) is 5.69. The molecule has 2 nitrogen and oxygen atoms in total. The van der Waals surface area contributed by atoms with Crippen molar-refractivity contribution in [3.8, 4) is 16.9 Å². The lowest BCUT2D eigenvalue weighted by Gasteiger charge is -2.28. The molecule has 0 fully saturated rings. The lowest BCUT2D eigenvalue weighted by atomic mass is 9.68. The topological polar surface area (TPSA) is 37.3 Å². The molecule has 0 radical (unpaired) electrons. The van der Waals surface area contributed by atoms with Crippen molar-refractivity contribution in [2.75, 3.05) is 0 Å². The van der Waals surface area contributed by atoms with Gasteiger partial charge in [0.15, 0.2) is 0 Å². The molecule has 3 aromatic rings. The van der Waals surface area contributed by atoms with E-state index in [-0.39, 0.29) is 27.4 Å². The summed E-state index contributed by atoms with van der Waals surface area (Å²) in [4.78, 5) is 13.4. The Morgan fingerprint density at radius 2 is 1.09 bits per heavy atom. The molecular formula is C42H51O2+. The number of ketones is 1. The predicted octanol–water partition coefficient (Wildman–Crippen LogP) is 11.4. The Hall–Kier alpha value is -3.78. The number of phenolic OH excluding ortho intramolecular Hbond substituents is 1. The van der Waals surface area contributed by atoms with E-state index in [0.717, 1.165) is 56.0 Å². The van der Waals surface area contributed by atoms with Crippen LogP contribution in [0.3, 0.4) is 0 Å². The van der Waals surface area contributed by atoms with Crippen LogP contribution in [-0.2, 0) is 15.6 Å². The Balaban J connectivity index is 1.70. The van der Waals surface area contributed by atoms with Gasteiger partial charge in [0, 0.05) is 27.5 Å². The van der Waals surface area contributed by atoms with Gasteiger partial charge in [-0.15, -0.1) is 0 Å². The van der Waals surface area contributed by atoms with E-state index >= 15 is 0 Å². The van der Waals surface area contributed by atoms with Crippen LogP contribution in [0.5, 0.6) is 5.75 Å². The number of Topliss-reactive ketones (excluding diaryl/α,β-unsaturated/α-hetero) is 1. The van der Waals surface area contributed by atoms with Crippen molar-refractivity contribution in [2.45, 2.75) is 93.9 Å². The second-order valence-corrected chi connectivity index (χ2v) is 16.4. The molecule has 2 heteroatoms. The van der Waals surface area contributed by atoms with Crippen LogP contribution in [-0.4, -0.2) is 10.9 Å². The van der Waals surface area contributed by atoms with Gasteiger partial charge in [-0.2, -0.15) is 0 Å². The van der Waals surface area contributed by atoms with Gasteiger partial charge in [0.25, 0.3) is 5.78 Å². The second kappa shape index (κ2) is 11.6. The molecule has 1 aliphatic rings. The third-order valence-corrected chi connectivity index (χ3v) is 8.34. The van der Waals surface area contributed by atoms with E-state index in [1.54, 1.807) is 0 Å². The van der Waals surface area contributed by atoms with E-state index in [9.17, 15) is 9.90 Å². The molecule has 0 unspecified atom stereocenters. The summed E-state index contributed by atoms with van der Waals surface area (Å²) in [5, 5.41) is 11.2. The van der Waals surface area contributed by atoms with Crippen molar-refractivity contribution in [3.05, 3.63) is 112 Å². The molecule has 230 valence electrons. The highest BCUT2D eigenvalue weighted by Gasteiger charge is 2.45. The Morgan fingerprint density at radius 3 is 1.55 bits per heavy atom. The van der Waals surface area contributed by atoms with Gasteiger partial charge in [-0.25, -0.2) is 0 Å². The van der Waals surface area contributed by atoms with Gasteiger partial charge in [-0.3, -0.25) is 4.79 Å². The second-order valence-electron chi connectivity index (χ2n) is 16.4. The molecule has 0 amide bonds. The zero-order chi connectivity index (χ0) is 32.8. The minimum Gasteiger partial charge on any atom is -0.507 e. The molecule has 0 spiro atoms. The maximum absolute atomic E-state index is 13.4. The predicted molar refractivity (Wildman–Crippen MR) is 190 cm³/mol. The highest BCUT2D eigenvalue weighted by molar-refractivity contribution is 6.13. The van der Waals surface area contributed by atoms with E-state index in [0.29, 0.717) is 5.75 Å². The number of rotatable bonds is 4. The van der Waals surface area contributed by atoms with Gasteiger partial charge >= 0.3 is 0 Å². The van der Waals surface area contributed by atoms with Gasteiger partial charge in [0.1, 0.15) is 17.2 Å². The molecule has 1 aliphatic carbocycles. The van der Waals surface area contributed by atoms with Crippen molar-refractivity contribution < 1.29 is 9.90 Å². The van der Waals surface area contributed by atoms with Gasteiger partial charge in [0.05, 0.1) is 17.7 Å². The zero-order valence-electron chi connectivity index (χ0n) is 28.9. The van der Waals surface area contributed by atoms with Gasteiger partial charge in [-0.05, 0) is 105 Å². The van der Waals surface area contributed by atoms with Crippen molar-refractivity contribution >= 4 is 23.5 Å². The van der Waals surface area contributed by atoms with Gasteiger partial charge in [-0.1, -0.05) is 84.0 Å². The van der Waals surface area contributed by atoms with Crippen LogP contribution < -0.4 is 0 Å².